The number of carbonyl (C=O) groups excluding carboxylic acids is 4. The van der Waals surface area contributed by atoms with E-state index in [2.05, 4.69) is 63.7 Å². The second-order valence-corrected chi connectivity index (χ2v) is 19.7. The number of thiazole rings is 3. The van der Waals surface area contributed by atoms with Crippen LogP contribution in [-0.2, 0) is 25.3 Å². The summed E-state index contributed by atoms with van der Waals surface area (Å²) < 4.78 is 16.2. The van der Waals surface area contributed by atoms with E-state index in [-0.39, 0.29) is 41.6 Å². The molecule has 6 aromatic heterocycles. The highest BCUT2D eigenvalue weighted by atomic mass is 79.9. The summed E-state index contributed by atoms with van der Waals surface area (Å²) in [5, 5.41) is 9.96. The van der Waals surface area contributed by atoms with Crippen LogP contribution in [0.2, 0.25) is 0 Å². The summed E-state index contributed by atoms with van der Waals surface area (Å²) in [4.78, 5) is 68.8. The van der Waals surface area contributed by atoms with Gasteiger partial charge in [0.25, 0.3) is 0 Å². The molecule has 0 aliphatic carbocycles. The smallest absolute Gasteiger partial charge is 0.466 e. The van der Waals surface area contributed by atoms with Crippen LogP contribution in [0.15, 0.2) is 131 Å². The van der Waals surface area contributed by atoms with Crippen molar-refractivity contribution in [3.63, 3.8) is 0 Å². The Morgan fingerprint density at radius 1 is 0.657 bits per heavy atom. The zero-order valence-electron chi connectivity index (χ0n) is 39.8. The van der Waals surface area contributed by atoms with Gasteiger partial charge in [0.05, 0.1) is 45.9 Å². The number of H-pyrrole nitrogens is 3. The quantitative estimate of drug-likeness (QED) is 0.0677. The number of aryl methyl sites for hydroxylation is 1. The molecule has 9 aromatic rings. The fourth-order valence-electron chi connectivity index (χ4n) is 6.73. The van der Waals surface area contributed by atoms with Crippen molar-refractivity contribution in [3.05, 3.63) is 174 Å². The largest absolute Gasteiger partial charge is 0.486 e. The molecule has 0 radical (unpaired) electrons. The third-order valence-electron chi connectivity index (χ3n) is 11.0. The second kappa shape index (κ2) is 23.9. The number of carbonyl (C=O) groups is 4. The van der Waals surface area contributed by atoms with E-state index in [1.807, 2.05) is 124 Å². The summed E-state index contributed by atoms with van der Waals surface area (Å²) in [7, 11) is -0.250. The van der Waals surface area contributed by atoms with E-state index in [0.717, 1.165) is 50.5 Å². The lowest BCUT2D eigenvalue weighted by Gasteiger charge is -2.32. The van der Waals surface area contributed by atoms with Crippen molar-refractivity contribution >= 4 is 119 Å². The Morgan fingerprint density at radius 2 is 1.07 bits per heavy atom. The maximum absolute atomic E-state index is 12.4. The Bertz CT molecular complexity index is 3250. The van der Waals surface area contributed by atoms with Crippen molar-refractivity contribution in [2.75, 3.05) is 6.61 Å². The van der Waals surface area contributed by atoms with Crippen molar-refractivity contribution < 1.29 is 33.2 Å². The molecule has 13 nitrogen and oxygen atoms in total. The number of nitrogens with one attached hydrogen (secondary N) is 3. The van der Waals surface area contributed by atoms with Gasteiger partial charge in [0.15, 0.2) is 15.0 Å². The third kappa shape index (κ3) is 12.9. The van der Waals surface area contributed by atoms with E-state index in [1.54, 1.807) is 37.6 Å². The van der Waals surface area contributed by atoms with Gasteiger partial charge in [0.1, 0.15) is 4.60 Å². The number of ketones is 3. The molecule has 0 saturated carbocycles. The predicted molar refractivity (Wildman–Crippen MR) is 287 cm³/mol. The Kier molecular flexibility index (Phi) is 18.1. The lowest BCUT2D eigenvalue weighted by atomic mass is 9.90. The average molecular weight is 1060 g/mol. The first-order chi connectivity index (χ1) is 33.5. The van der Waals surface area contributed by atoms with Crippen molar-refractivity contribution in [1.82, 2.24) is 29.9 Å². The lowest BCUT2D eigenvalue weighted by molar-refractivity contribution is -0.140. The van der Waals surface area contributed by atoms with Gasteiger partial charge in [0, 0.05) is 74.4 Å². The average Bonchev–Trinajstić information content (AvgIpc) is 4.23. The molecule has 18 heteroatoms. The Balaban J connectivity index is 0.000000149. The van der Waals surface area contributed by atoms with Gasteiger partial charge in [0.2, 0.25) is 17.3 Å². The number of para-hydroxylation sites is 3. The topological polar surface area (TPSA) is 182 Å². The number of nitrogens with zero attached hydrogens (tertiary/aromatic N) is 3. The van der Waals surface area contributed by atoms with Gasteiger partial charge in [-0.3, -0.25) is 19.2 Å². The first-order valence-electron chi connectivity index (χ1n) is 22.1. The van der Waals surface area contributed by atoms with Gasteiger partial charge in [-0.1, -0.05) is 74.1 Å². The summed E-state index contributed by atoms with van der Waals surface area (Å²) >= 11 is 7.35. The number of aromatic amines is 3. The van der Waals surface area contributed by atoms with Crippen molar-refractivity contribution in [2.24, 2.45) is 0 Å². The Labute approximate surface area is 426 Å². The van der Waals surface area contributed by atoms with Crippen molar-refractivity contribution in [3.8, 4) is 0 Å². The summed E-state index contributed by atoms with van der Waals surface area (Å²) in [5.41, 5.74) is 6.19. The lowest BCUT2D eigenvalue weighted by Crippen LogP contribution is -2.41. The monoisotopic (exact) mass is 1060 g/mol. The molecule has 0 bridgehead atoms. The fourth-order valence-corrected chi connectivity index (χ4v) is 9.54. The standard InChI is InChI=1S/C14H12N2OS.C14H10N2OS.C12H7BrN2OS.C8H15BO2.C4H8O2/c2*1-2-9-8-18-14(16-9)13(17)11-7-15-12-6-4-3-5-10(11)12;13-10-6-17-12(15-10)11(16)8-5-14-9-4-2-1-3-7(8)9;1-6-9-10-7(2,3)8(4,5)11-9;1-3-6-4(2)5/h3-8,15H,2H2,1H3;2-8,15H,1H2;1-6,14H;6H,1H2,2-5H3;3H2,1-2H3. The highest BCUT2D eigenvalue weighted by molar-refractivity contribution is 9.10. The molecular formula is C52H52BBrN6O7S3. The van der Waals surface area contributed by atoms with E-state index in [1.165, 1.54) is 40.9 Å². The van der Waals surface area contributed by atoms with Crippen LogP contribution in [0.3, 0.4) is 0 Å². The van der Waals surface area contributed by atoms with Crippen LogP contribution < -0.4 is 0 Å². The Hall–Kier alpha value is -6.41. The number of ether oxygens (including phenoxy) is 1. The SMILES string of the molecule is C=CB1OC(C)(C)C(C)(C)O1.C=Cc1csc(C(=O)c2c[nH]c3ccccc23)n1.CCOC(C)=O.CCc1csc(C(=O)c2c[nH]c3ccccc23)n1.O=C(c1nc(Br)cs1)c1c[nH]c2ccccc12. The number of rotatable bonds is 10. The number of esters is 1. The molecule has 1 fully saturated rings. The number of halogens is 1. The summed E-state index contributed by atoms with van der Waals surface area (Å²) in [6, 6.07) is 23.3. The van der Waals surface area contributed by atoms with E-state index in [9.17, 15) is 19.2 Å². The summed E-state index contributed by atoms with van der Waals surface area (Å²) in [6.07, 6.45) is 7.74. The molecule has 1 aliphatic heterocycles. The maximum atomic E-state index is 12.4. The zero-order chi connectivity index (χ0) is 50.6. The predicted octanol–water partition coefficient (Wildman–Crippen LogP) is 12.9. The highest BCUT2D eigenvalue weighted by Gasteiger charge is 2.49. The van der Waals surface area contributed by atoms with Gasteiger partial charge >= 0.3 is 13.1 Å². The Morgan fingerprint density at radius 3 is 1.40 bits per heavy atom. The minimum atomic E-state index is -0.250. The first-order valence-corrected chi connectivity index (χ1v) is 25.5. The van der Waals surface area contributed by atoms with Crippen LogP contribution in [0, 0.1) is 0 Å². The zero-order valence-corrected chi connectivity index (χ0v) is 43.8. The van der Waals surface area contributed by atoms with Gasteiger partial charge < -0.3 is 29.0 Å². The molecule has 0 spiro atoms. The number of hydrogen-bond donors (Lipinski definition) is 3. The molecule has 0 unspecified atom stereocenters. The van der Waals surface area contributed by atoms with Crippen LogP contribution in [0.4, 0.5) is 0 Å². The summed E-state index contributed by atoms with van der Waals surface area (Å²) in [6.45, 7) is 21.1. The highest BCUT2D eigenvalue weighted by Crippen LogP contribution is 2.36. The second-order valence-electron chi connectivity index (χ2n) is 16.3. The van der Waals surface area contributed by atoms with E-state index in [0.29, 0.717) is 42.9 Å². The molecule has 7 heterocycles. The fraction of sp³-hybridized carbons (Fsp3) is 0.212. The van der Waals surface area contributed by atoms with E-state index < -0.39 is 0 Å². The molecule has 1 saturated heterocycles. The molecular weight excluding hydrogens is 1010 g/mol. The number of benzene rings is 3. The molecule has 10 rings (SSSR count). The van der Waals surface area contributed by atoms with Crippen LogP contribution in [0.1, 0.15) is 106 Å². The molecule has 1 aliphatic rings. The van der Waals surface area contributed by atoms with Gasteiger partial charge in [-0.05, 0) is 81.2 Å². The molecule has 360 valence electrons. The number of aromatic nitrogens is 6. The third-order valence-corrected chi connectivity index (χ3v) is 14.3. The van der Waals surface area contributed by atoms with Gasteiger partial charge in [-0.15, -0.1) is 40.6 Å². The van der Waals surface area contributed by atoms with Crippen LogP contribution >= 0.6 is 49.9 Å². The number of fused-ring (bicyclic) bond motifs is 3. The van der Waals surface area contributed by atoms with Crippen LogP contribution in [0.25, 0.3) is 38.8 Å². The molecule has 0 atom stereocenters. The van der Waals surface area contributed by atoms with Crippen molar-refractivity contribution in [2.45, 2.75) is 66.1 Å². The van der Waals surface area contributed by atoms with Crippen LogP contribution in [0.5, 0.6) is 0 Å². The number of hydrogen-bond acceptors (Lipinski definition) is 13. The molecule has 3 N–H and O–H groups in total. The first kappa shape index (κ1) is 53.0. The molecule has 0 amide bonds. The minimum Gasteiger partial charge on any atom is -0.466 e. The van der Waals surface area contributed by atoms with Crippen LogP contribution in [-0.4, -0.2) is 78.2 Å². The van der Waals surface area contributed by atoms with Gasteiger partial charge in [-0.25, -0.2) is 15.0 Å². The molecule has 70 heavy (non-hydrogen) atoms. The van der Waals surface area contributed by atoms with Gasteiger partial charge in [-0.2, -0.15) is 0 Å². The van der Waals surface area contributed by atoms with E-state index in [4.69, 9.17) is 9.31 Å². The minimum absolute atomic E-state index is 0.00264. The molecule has 3 aromatic carbocycles. The summed E-state index contributed by atoms with van der Waals surface area (Å²) in [5.74, 6) is 1.37. The van der Waals surface area contributed by atoms with Crippen molar-refractivity contribution in [1.29, 1.82) is 0 Å². The maximum Gasteiger partial charge on any atom is 0.486 e. The normalized spacial score (nSPS) is 13.1. The van der Waals surface area contributed by atoms with E-state index >= 15 is 0 Å².